The van der Waals surface area contributed by atoms with Crippen molar-refractivity contribution in [3.63, 3.8) is 0 Å². The van der Waals surface area contributed by atoms with Crippen molar-refractivity contribution in [1.29, 1.82) is 0 Å². The van der Waals surface area contributed by atoms with Gasteiger partial charge in [0.1, 0.15) is 23.9 Å². The second kappa shape index (κ2) is 10.3. The van der Waals surface area contributed by atoms with Gasteiger partial charge in [0.25, 0.3) is 0 Å². The molecule has 1 fully saturated rings. The molecule has 0 spiro atoms. The lowest BCUT2D eigenvalue weighted by Gasteiger charge is -2.44. The van der Waals surface area contributed by atoms with Crippen LogP contribution in [0.5, 0.6) is 11.5 Å². The molecule has 0 aromatic heterocycles. The lowest BCUT2D eigenvalue weighted by Crippen LogP contribution is -2.54. The molecular weight excluding hydrogens is 468 g/mol. The fourth-order valence-electron chi connectivity index (χ4n) is 4.47. The molecule has 0 amide bonds. The molecule has 0 bridgehead atoms. The zero-order valence-electron chi connectivity index (χ0n) is 19.4. The maximum atomic E-state index is 13.9. The molecule has 0 radical (unpaired) electrons. The van der Waals surface area contributed by atoms with Gasteiger partial charge in [-0.05, 0) is 19.9 Å². The van der Waals surface area contributed by atoms with Crippen LogP contribution >= 0.6 is 0 Å². The van der Waals surface area contributed by atoms with Crippen LogP contribution in [0.2, 0.25) is 0 Å². The van der Waals surface area contributed by atoms with Crippen LogP contribution in [0, 0.1) is 5.82 Å². The van der Waals surface area contributed by atoms with E-state index in [1.807, 2.05) is 6.92 Å². The van der Waals surface area contributed by atoms with Crippen LogP contribution in [0.25, 0.3) is 0 Å². The second-order valence-corrected chi connectivity index (χ2v) is 8.49. The SMILES string of the molecule is CCOc1cc(N)c(/C=N/C(F)(F)F)c(NC2c3ccc(F)cc3OCC2N2CCOC(C)C2)c1. The van der Waals surface area contributed by atoms with E-state index in [4.69, 9.17) is 19.9 Å². The van der Waals surface area contributed by atoms with E-state index in [-0.39, 0.29) is 30.0 Å². The third-order valence-corrected chi connectivity index (χ3v) is 5.99. The van der Waals surface area contributed by atoms with Gasteiger partial charge in [-0.1, -0.05) is 6.07 Å². The van der Waals surface area contributed by atoms with E-state index in [2.05, 4.69) is 15.2 Å². The number of rotatable bonds is 6. The van der Waals surface area contributed by atoms with Crippen molar-refractivity contribution in [2.75, 3.05) is 44.0 Å². The molecule has 0 saturated carbocycles. The van der Waals surface area contributed by atoms with Gasteiger partial charge in [-0.2, -0.15) is 4.99 Å². The number of anilines is 2. The Bertz CT molecular complexity index is 1080. The highest BCUT2D eigenvalue weighted by Crippen LogP contribution is 2.39. The lowest BCUT2D eigenvalue weighted by atomic mass is 9.93. The Morgan fingerprint density at radius 1 is 1.29 bits per heavy atom. The van der Waals surface area contributed by atoms with Crippen LogP contribution in [0.15, 0.2) is 35.3 Å². The first-order valence-electron chi connectivity index (χ1n) is 11.4. The van der Waals surface area contributed by atoms with Crippen molar-refractivity contribution in [3.8, 4) is 11.5 Å². The minimum absolute atomic E-state index is 0.00502. The molecule has 2 heterocycles. The van der Waals surface area contributed by atoms with E-state index >= 15 is 0 Å². The molecule has 35 heavy (non-hydrogen) atoms. The topological polar surface area (TPSA) is 81.3 Å². The van der Waals surface area contributed by atoms with Gasteiger partial charge in [0, 0.05) is 60.0 Å². The summed E-state index contributed by atoms with van der Waals surface area (Å²) in [5.74, 6) is 0.334. The Morgan fingerprint density at radius 2 is 2.09 bits per heavy atom. The Labute approximate surface area is 200 Å². The van der Waals surface area contributed by atoms with Crippen molar-refractivity contribution < 1.29 is 31.8 Å². The molecule has 2 aliphatic rings. The third-order valence-electron chi connectivity index (χ3n) is 5.99. The van der Waals surface area contributed by atoms with Gasteiger partial charge in [0.05, 0.1) is 31.4 Å². The van der Waals surface area contributed by atoms with Crippen LogP contribution in [-0.4, -0.2) is 62.5 Å². The summed E-state index contributed by atoms with van der Waals surface area (Å²) in [6, 6.07) is 6.66. The van der Waals surface area contributed by atoms with Crippen LogP contribution in [0.4, 0.5) is 28.9 Å². The summed E-state index contributed by atoms with van der Waals surface area (Å²) in [4.78, 5) is 4.91. The lowest BCUT2D eigenvalue weighted by molar-refractivity contribution is -0.119. The van der Waals surface area contributed by atoms with E-state index in [9.17, 15) is 17.6 Å². The van der Waals surface area contributed by atoms with Crippen molar-refractivity contribution in [2.45, 2.75) is 38.3 Å². The van der Waals surface area contributed by atoms with E-state index in [1.54, 1.807) is 19.1 Å². The molecule has 2 aromatic rings. The number of fused-ring (bicyclic) bond motifs is 1. The van der Waals surface area contributed by atoms with Crippen molar-refractivity contribution in [1.82, 2.24) is 4.90 Å². The van der Waals surface area contributed by atoms with E-state index in [1.165, 1.54) is 18.2 Å². The number of morpholine rings is 1. The van der Waals surface area contributed by atoms with E-state index in [0.717, 1.165) is 0 Å². The number of nitrogens with one attached hydrogen (secondary N) is 1. The Morgan fingerprint density at radius 3 is 2.80 bits per heavy atom. The van der Waals surface area contributed by atoms with Gasteiger partial charge in [-0.25, -0.2) is 4.39 Å². The molecule has 3 N–H and O–H groups in total. The maximum absolute atomic E-state index is 13.9. The summed E-state index contributed by atoms with van der Waals surface area (Å²) < 4.78 is 69.7. The minimum Gasteiger partial charge on any atom is -0.494 e. The number of nitrogen functional groups attached to an aromatic ring is 1. The zero-order chi connectivity index (χ0) is 25.2. The number of hydrogen-bond acceptors (Lipinski definition) is 7. The molecule has 4 rings (SSSR count). The number of benzene rings is 2. The van der Waals surface area contributed by atoms with Crippen LogP contribution in [0.1, 0.15) is 31.0 Å². The molecule has 2 aromatic carbocycles. The molecule has 3 unspecified atom stereocenters. The van der Waals surface area contributed by atoms with E-state index < -0.39 is 18.2 Å². The fourth-order valence-corrected chi connectivity index (χ4v) is 4.47. The van der Waals surface area contributed by atoms with Gasteiger partial charge in [0.15, 0.2) is 0 Å². The summed E-state index contributed by atoms with van der Waals surface area (Å²) in [7, 11) is 0. The number of hydrogen-bond donors (Lipinski definition) is 2. The van der Waals surface area contributed by atoms with E-state index in [0.29, 0.717) is 55.3 Å². The van der Waals surface area contributed by atoms with Gasteiger partial charge in [-0.3, -0.25) is 4.90 Å². The zero-order valence-corrected chi connectivity index (χ0v) is 19.4. The Balaban J connectivity index is 1.77. The highest BCUT2D eigenvalue weighted by Gasteiger charge is 2.37. The molecular formula is C24H28F4N4O3. The van der Waals surface area contributed by atoms with Crippen molar-refractivity contribution >= 4 is 17.6 Å². The molecule has 190 valence electrons. The standard InChI is InChI=1S/C24H28F4N4O3/c1-3-33-16-9-19(29)18(11-30-24(26,27)28)20(10-16)31-23-17-5-4-15(25)8-22(17)35-13-21(23)32-6-7-34-14(2)12-32/h4-5,8-11,14,21,23,31H,3,6-7,12-13,29H2,1-2H3/b30-11+. The highest BCUT2D eigenvalue weighted by molar-refractivity contribution is 5.95. The molecule has 2 aliphatic heterocycles. The second-order valence-electron chi connectivity index (χ2n) is 8.49. The average Bonchev–Trinajstić information content (AvgIpc) is 2.78. The number of halogens is 4. The molecule has 0 aliphatic carbocycles. The number of nitrogens with two attached hydrogens (primary N) is 1. The molecule has 3 atom stereocenters. The Kier molecular flexibility index (Phi) is 7.36. The quantitative estimate of drug-likeness (QED) is 0.267. The third kappa shape index (κ3) is 5.96. The minimum atomic E-state index is -4.75. The summed E-state index contributed by atoms with van der Waals surface area (Å²) in [5.41, 5.74) is 7.27. The summed E-state index contributed by atoms with van der Waals surface area (Å²) in [5, 5.41) is 3.36. The first kappa shape index (κ1) is 25.1. The van der Waals surface area contributed by atoms with Crippen LogP contribution in [0.3, 0.4) is 0 Å². The Hall–Kier alpha value is -3.05. The maximum Gasteiger partial charge on any atom is 0.503 e. The average molecular weight is 497 g/mol. The molecule has 7 nitrogen and oxygen atoms in total. The summed E-state index contributed by atoms with van der Waals surface area (Å²) >= 11 is 0. The number of ether oxygens (including phenoxy) is 3. The van der Waals surface area contributed by atoms with Gasteiger partial charge < -0.3 is 25.3 Å². The summed E-state index contributed by atoms with van der Waals surface area (Å²) in [6.07, 6.45) is -4.05. The van der Waals surface area contributed by atoms with Crippen LogP contribution < -0.4 is 20.5 Å². The van der Waals surface area contributed by atoms with Crippen molar-refractivity contribution in [3.05, 3.63) is 47.3 Å². The smallest absolute Gasteiger partial charge is 0.494 e. The monoisotopic (exact) mass is 496 g/mol. The molecule has 11 heteroatoms. The fraction of sp³-hybridized carbons (Fsp3) is 0.458. The summed E-state index contributed by atoms with van der Waals surface area (Å²) in [6.45, 7) is 6.20. The molecule has 1 saturated heterocycles. The first-order valence-corrected chi connectivity index (χ1v) is 11.4. The highest BCUT2D eigenvalue weighted by atomic mass is 19.4. The number of aliphatic imine (C=N–C) groups is 1. The normalized spacial score (nSPS) is 23.1. The van der Waals surface area contributed by atoms with Gasteiger partial charge >= 0.3 is 6.30 Å². The largest absolute Gasteiger partial charge is 0.503 e. The number of nitrogens with zero attached hydrogens (tertiary/aromatic N) is 2. The van der Waals surface area contributed by atoms with Gasteiger partial charge in [-0.15, -0.1) is 13.2 Å². The first-order chi connectivity index (χ1) is 16.6. The number of alkyl halides is 3. The van der Waals surface area contributed by atoms with Gasteiger partial charge in [0.2, 0.25) is 0 Å². The van der Waals surface area contributed by atoms with Crippen LogP contribution in [-0.2, 0) is 4.74 Å². The predicted octanol–water partition coefficient (Wildman–Crippen LogP) is 4.38. The predicted molar refractivity (Wildman–Crippen MR) is 125 cm³/mol. The van der Waals surface area contributed by atoms with Crippen molar-refractivity contribution in [2.24, 2.45) is 4.99 Å².